The van der Waals surface area contributed by atoms with E-state index in [2.05, 4.69) is 31.9 Å². The Balaban J connectivity index is 0.00000888. The summed E-state index contributed by atoms with van der Waals surface area (Å²) in [6.45, 7) is 0. The Kier molecular flexibility index (Phi) is 16.3. The van der Waals surface area contributed by atoms with E-state index in [1.165, 1.54) is 0 Å². The molecule has 0 saturated heterocycles. The van der Waals surface area contributed by atoms with Crippen LogP contribution in [0.5, 0.6) is 0 Å². The van der Waals surface area contributed by atoms with Gasteiger partial charge in [-0.1, -0.05) is 0 Å². The standard InChI is InChI=1S/C41H32N6O17S4.Na/c48-37(42-27-1-9-33(10-2-27)65(53,54)55)23-17-24(38(49)43-28-3-11-34(12-4-28)66(56,57)58)20-31(19-23)46-41(52)47-32-21-25(39(50)44-29-5-13-35(14-6-29)67(59,60)61)18-26(22-32)40(51)45-30-7-15-36(16-8-30)68(62,63)64;/h1-22H,(H,42,48)(H,43,49)(H,44,50)(H,45,51)(H2,46,47,52)(H,53,54,55)(H,56,57,58)(H,59,60,61)(H,62,63,64);/q;+1. The Morgan fingerprint density at radius 2 is 0.478 bits per heavy atom. The molecule has 0 heterocycles. The molecule has 0 aliphatic heterocycles. The van der Waals surface area contributed by atoms with Crippen LogP contribution in [0, 0.1) is 0 Å². The number of benzene rings is 6. The molecule has 28 heteroatoms. The molecule has 0 aromatic heterocycles. The monoisotopic (exact) mass is 1030 g/mol. The summed E-state index contributed by atoms with van der Waals surface area (Å²) in [4.78, 5) is 65.7. The fourth-order valence-electron chi connectivity index (χ4n) is 5.87. The Morgan fingerprint density at radius 3 is 0.652 bits per heavy atom. The van der Waals surface area contributed by atoms with Gasteiger partial charge >= 0.3 is 35.6 Å². The molecule has 69 heavy (non-hydrogen) atoms. The number of carbonyl (C=O) groups excluding carboxylic acids is 5. The van der Waals surface area contributed by atoms with Gasteiger partial charge in [0.05, 0.1) is 19.6 Å². The smallest absolute Gasteiger partial charge is 0.322 e. The Bertz CT molecular complexity index is 3030. The van der Waals surface area contributed by atoms with Crippen molar-refractivity contribution < 1.29 is 105 Å². The van der Waals surface area contributed by atoms with E-state index in [1.54, 1.807) is 0 Å². The topological polar surface area (TPSA) is 375 Å². The first-order valence-electron chi connectivity index (χ1n) is 18.7. The van der Waals surface area contributed by atoms with Crippen LogP contribution in [-0.4, -0.2) is 81.5 Å². The zero-order chi connectivity index (χ0) is 49.8. The Labute approximate surface area is 414 Å². The van der Waals surface area contributed by atoms with Crippen LogP contribution in [0.4, 0.5) is 38.9 Å². The molecule has 0 fully saturated rings. The maximum Gasteiger partial charge on any atom is 1.00 e. The molecule has 6 aromatic rings. The molecule has 0 aliphatic rings. The third kappa shape index (κ3) is 14.6. The second-order valence-electron chi connectivity index (χ2n) is 14.0. The second kappa shape index (κ2) is 21.2. The van der Waals surface area contributed by atoms with Crippen LogP contribution in [-0.2, 0) is 40.5 Å². The van der Waals surface area contributed by atoms with E-state index >= 15 is 0 Å². The van der Waals surface area contributed by atoms with E-state index in [1.807, 2.05) is 0 Å². The van der Waals surface area contributed by atoms with Crippen molar-refractivity contribution in [2.24, 2.45) is 0 Å². The molecule has 0 atom stereocenters. The first-order valence-corrected chi connectivity index (χ1v) is 24.4. The minimum atomic E-state index is -4.57. The van der Waals surface area contributed by atoms with Crippen LogP contribution in [0.2, 0.25) is 0 Å². The van der Waals surface area contributed by atoms with Crippen LogP contribution in [0.3, 0.4) is 0 Å². The van der Waals surface area contributed by atoms with Crippen molar-refractivity contribution in [2.75, 3.05) is 31.9 Å². The molecule has 352 valence electrons. The number of hydrogen-bond donors (Lipinski definition) is 10. The summed E-state index contributed by atoms with van der Waals surface area (Å²) in [5, 5.41) is 14.8. The predicted octanol–water partition coefficient (Wildman–Crippen LogP) is 2.33. The maximum atomic E-state index is 13.6. The molecule has 0 aliphatic carbocycles. The summed E-state index contributed by atoms with van der Waals surface area (Å²) in [6.07, 6.45) is 0. The SMILES string of the molecule is O=C(Nc1cc(C(=O)Nc2ccc(S(=O)(=O)O)cc2)cc(C(=O)Nc2ccc(S(=O)(=O)O)cc2)c1)Nc1cc(C(=O)Nc2ccc(S(=O)(=O)O)cc2)cc(C(=O)Nc2ccc(S(=O)(=O)O)cc2)c1.[Na+]. The molecule has 6 amide bonds. The van der Waals surface area contributed by atoms with Gasteiger partial charge in [0, 0.05) is 56.4 Å². The van der Waals surface area contributed by atoms with Gasteiger partial charge in [-0.3, -0.25) is 37.4 Å². The molecule has 0 radical (unpaired) electrons. The molecule has 0 unspecified atom stereocenters. The largest absolute Gasteiger partial charge is 1.00 e. The summed E-state index contributed by atoms with van der Waals surface area (Å²) >= 11 is 0. The number of urea groups is 1. The van der Waals surface area contributed by atoms with Crippen molar-refractivity contribution in [3.63, 3.8) is 0 Å². The van der Waals surface area contributed by atoms with E-state index in [-0.39, 0.29) is 85.9 Å². The van der Waals surface area contributed by atoms with Gasteiger partial charge in [-0.05, 0) is 133 Å². The van der Waals surface area contributed by atoms with E-state index in [0.29, 0.717) is 0 Å². The van der Waals surface area contributed by atoms with E-state index in [4.69, 9.17) is 0 Å². The first kappa shape index (κ1) is 53.1. The number of carbonyl (C=O) groups is 5. The van der Waals surface area contributed by atoms with Crippen LogP contribution in [0.25, 0.3) is 0 Å². The molecular formula is C41H32N6NaO17S4+. The minimum Gasteiger partial charge on any atom is -0.322 e. The van der Waals surface area contributed by atoms with Gasteiger partial charge in [0.15, 0.2) is 0 Å². The fourth-order valence-corrected chi connectivity index (χ4v) is 7.79. The normalized spacial score (nSPS) is 11.5. The van der Waals surface area contributed by atoms with Gasteiger partial charge in [0.25, 0.3) is 64.1 Å². The summed E-state index contributed by atoms with van der Waals surface area (Å²) in [7, 11) is -18.3. The van der Waals surface area contributed by atoms with E-state index in [0.717, 1.165) is 133 Å². The molecule has 10 N–H and O–H groups in total. The molecule has 0 spiro atoms. The van der Waals surface area contributed by atoms with Crippen molar-refractivity contribution in [2.45, 2.75) is 19.6 Å². The van der Waals surface area contributed by atoms with Crippen molar-refractivity contribution in [3.05, 3.63) is 156 Å². The molecular weight excluding hydrogens is 1000 g/mol. The van der Waals surface area contributed by atoms with E-state index in [9.17, 15) is 75.9 Å². The molecule has 6 aromatic carbocycles. The van der Waals surface area contributed by atoms with Crippen molar-refractivity contribution in [3.8, 4) is 0 Å². The molecule has 0 saturated carbocycles. The van der Waals surface area contributed by atoms with Gasteiger partial charge in [-0.25, -0.2) is 4.79 Å². The minimum absolute atomic E-state index is 0. The number of anilines is 6. The number of hydrogen-bond acceptors (Lipinski definition) is 13. The maximum absolute atomic E-state index is 13.6. The van der Waals surface area contributed by atoms with Crippen molar-refractivity contribution in [1.29, 1.82) is 0 Å². The quantitative estimate of drug-likeness (QED) is 0.0553. The summed E-state index contributed by atoms with van der Waals surface area (Å²) in [6, 6.07) is 22.9. The third-order valence-electron chi connectivity index (χ3n) is 9.07. The summed E-state index contributed by atoms with van der Waals surface area (Å²) < 4.78 is 129. The van der Waals surface area contributed by atoms with Gasteiger partial charge in [0.1, 0.15) is 0 Å². The number of nitrogens with one attached hydrogen (secondary N) is 6. The van der Waals surface area contributed by atoms with Crippen LogP contribution in [0.15, 0.2) is 153 Å². The molecule has 0 bridgehead atoms. The predicted molar refractivity (Wildman–Crippen MR) is 242 cm³/mol. The second-order valence-corrected chi connectivity index (χ2v) is 19.7. The van der Waals surface area contributed by atoms with Crippen molar-refractivity contribution >= 4 is 104 Å². The third-order valence-corrected chi connectivity index (χ3v) is 12.5. The van der Waals surface area contributed by atoms with Crippen molar-refractivity contribution in [1.82, 2.24) is 0 Å². The summed E-state index contributed by atoms with van der Waals surface area (Å²) in [5.74, 6) is -3.57. The fraction of sp³-hybridized carbons (Fsp3) is 0. The Hall–Kier alpha value is -6.89. The zero-order valence-electron chi connectivity index (χ0n) is 34.9. The van der Waals surface area contributed by atoms with Crippen LogP contribution in [0.1, 0.15) is 41.4 Å². The van der Waals surface area contributed by atoms with Gasteiger partial charge < -0.3 is 31.9 Å². The Morgan fingerprint density at radius 1 is 0.290 bits per heavy atom. The zero-order valence-corrected chi connectivity index (χ0v) is 40.2. The number of rotatable bonds is 14. The van der Waals surface area contributed by atoms with Gasteiger partial charge in [0.2, 0.25) is 0 Å². The average molecular weight is 1030 g/mol. The number of amides is 6. The summed E-state index contributed by atoms with van der Waals surface area (Å²) in [5.41, 5.74) is -1.32. The van der Waals surface area contributed by atoms with Crippen LogP contribution < -0.4 is 61.5 Å². The van der Waals surface area contributed by atoms with Gasteiger partial charge in [-0.15, -0.1) is 0 Å². The van der Waals surface area contributed by atoms with E-state index < -0.39 is 89.7 Å². The molecule has 6 rings (SSSR count). The average Bonchev–Trinajstić information content (AvgIpc) is 3.25. The first-order chi connectivity index (χ1) is 31.7. The van der Waals surface area contributed by atoms with Crippen LogP contribution >= 0.6 is 0 Å². The molecule has 23 nitrogen and oxygen atoms in total. The van der Waals surface area contributed by atoms with Gasteiger partial charge in [-0.2, -0.15) is 33.7 Å².